The van der Waals surface area contributed by atoms with Crippen LogP contribution in [0.15, 0.2) is 34.9 Å². The summed E-state index contributed by atoms with van der Waals surface area (Å²) in [6.07, 6.45) is 0.160. The van der Waals surface area contributed by atoms with Crippen molar-refractivity contribution in [3.8, 4) is 5.69 Å². The van der Waals surface area contributed by atoms with Crippen LogP contribution in [0.4, 0.5) is 4.39 Å². The predicted molar refractivity (Wildman–Crippen MR) is 103 cm³/mol. The van der Waals surface area contributed by atoms with Crippen LogP contribution in [0.2, 0.25) is 0 Å². The molecule has 29 heavy (non-hydrogen) atoms. The van der Waals surface area contributed by atoms with E-state index in [1.165, 1.54) is 6.07 Å². The van der Waals surface area contributed by atoms with Crippen molar-refractivity contribution in [2.75, 3.05) is 19.8 Å². The third-order valence-electron chi connectivity index (χ3n) is 5.22. The largest absolute Gasteiger partial charge is 0.377 e. The molecule has 152 valence electrons. The molecule has 0 spiro atoms. The SMILES string of the molecule is Cc1cc(CC(=O)N2CCOC[C@H]2c2c(C)nn(-c3ccccc3F)c2C)no1. The molecule has 1 aromatic carbocycles. The van der Waals surface area contributed by atoms with Gasteiger partial charge in [-0.25, -0.2) is 9.07 Å². The van der Waals surface area contributed by atoms with Gasteiger partial charge in [0.1, 0.15) is 17.3 Å². The predicted octanol–water partition coefficient (Wildman–Crippen LogP) is 3.07. The van der Waals surface area contributed by atoms with Crippen molar-refractivity contribution in [3.05, 3.63) is 64.6 Å². The molecule has 0 unspecified atom stereocenters. The van der Waals surface area contributed by atoms with E-state index < -0.39 is 0 Å². The summed E-state index contributed by atoms with van der Waals surface area (Å²) >= 11 is 0. The Kier molecular flexibility index (Phi) is 5.19. The Morgan fingerprint density at radius 1 is 1.28 bits per heavy atom. The van der Waals surface area contributed by atoms with Crippen molar-refractivity contribution in [1.82, 2.24) is 19.8 Å². The maximum Gasteiger partial charge on any atom is 0.229 e. The zero-order valence-corrected chi connectivity index (χ0v) is 16.7. The summed E-state index contributed by atoms with van der Waals surface area (Å²) in [7, 11) is 0. The number of carbonyl (C=O) groups excluding carboxylic acids is 1. The molecule has 0 radical (unpaired) electrons. The number of morpholine rings is 1. The summed E-state index contributed by atoms with van der Waals surface area (Å²) in [5, 5.41) is 8.48. The van der Waals surface area contributed by atoms with Crippen molar-refractivity contribution in [1.29, 1.82) is 0 Å². The van der Waals surface area contributed by atoms with Crippen LogP contribution in [0.5, 0.6) is 0 Å². The number of aryl methyl sites for hydroxylation is 2. The summed E-state index contributed by atoms with van der Waals surface area (Å²) < 4.78 is 26.7. The summed E-state index contributed by atoms with van der Waals surface area (Å²) in [5.74, 6) is 0.270. The van der Waals surface area contributed by atoms with Gasteiger partial charge in [0.15, 0.2) is 0 Å². The van der Waals surface area contributed by atoms with Gasteiger partial charge in [0.05, 0.1) is 37.1 Å². The fourth-order valence-electron chi connectivity index (χ4n) is 3.89. The van der Waals surface area contributed by atoms with E-state index in [-0.39, 0.29) is 24.2 Å². The van der Waals surface area contributed by atoms with Crippen molar-refractivity contribution >= 4 is 5.91 Å². The molecule has 1 aliphatic rings. The highest BCUT2D eigenvalue weighted by atomic mass is 19.1. The van der Waals surface area contributed by atoms with Gasteiger partial charge in [-0.15, -0.1) is 0 Å². The van der Waals surface area contributed by atoms with E-state index in [0.29, 0.717) is 36.9 Å². The smallest absolute Gasteiger partial charge is 0.229 e. The molecular weight excluding hydrogens is 375 g/mol. The van der Waals surface area contributed by atoms with Gasteiger partial charge in [-0.05, 0) is 32.9 Å². The number of aromatic nitrogens is 3. The Labute approximate surface area is 168 Å². The third-order valence-corrected chi connectivity index (χ3v) is 5.22. The van der Waals surface area contributed by atoms with E-state index in [2.05, 4.69) is 10.3 Å². The van der Waals surface area contributed by atoms with E-state index in [0.717, 1.165) is 17.0 Å². The van der Waals surface area contributed by atoms with Crippen molar-refractivity contribution in [2.45, 2.75) is 33.2 Å². The first-order valence-corrected chi connectivity index (χ1v) is 9.56. The number of rotatable bonds is 4. The maximum atomic E-state index is 14.3. The van der Waals surface area contributed by atoms with Gasteiger partial charge >= 0.3 is 0 Å². The van der Waals surface area contributed by atoms with E-state index >= 15 is 0 Å². The molecule has 2 aromatic heterocycles. The Morgan fingerprint density at radius 3 is 2.79 bits per heavy atom. The van der Waals surface area contributed by atoms with Gasteiger partial charge in [-0.3, -0.25) is 4.79 Å². The van der Waals surface area contributed by atoms with Crippen LogP contribution in [-0.2, 0) is 16.0 Å². The lowest BCUT2D eigenvalue weighted by atomic mass is 10.0. The molecule has 3 heterocycles. The number of para-hydroxylation sites is 1. The van der Waals surface area contributed by atoms with Crippen LogP contribution in [0.25, 0.3) is 5.69 Å². The Bertz CT molecular complexity index is 1040. The average molecular weight is 398 g/mol. The molecule has 1 atom stereocenters. The van der Waals surface area contributed by atoms with Crippen molar-refractivity contribution < 1.29 is 18.4 Å². The number of hydrogen-bond acceptors (Lipinski definition) is 5. The van der Waals surface area contributed by atoms with Gasteiger partial charge in [0.25, 0.3) is 0 Å². The second-order valence-electron chi connectivity index (χ2n) is 7.23. The number of ether oxygens (including phenoxy) is 1. The highest BCUT2D eigenvalue weighted by Crippen LogP contribution is 2.31. The van der Waals surface area contributed by atoms with Crippen LogP contribution in [-0.4, -0.2) is 45.5 Å². The van der Waals surface area contributed by atoms with Crippen molar-refractivity contribution in [2.24, 2.45) is 0 Å². The molecule has 0 bridgehead atoms. The van der Waals surface area contributed by atoms with Crippen LogP contribution < -0.4 is 0 Å². The summed E-state index contributed by atoms with van der Waals surface area (Å²) in [5.41, 5.74) is 3.41. The molecule has 0 aliphatic carbocycles. The van der Waals surface area contributed by atoms with E-state index in [1.807, 2.05) is 13.8 Å². The lowest BCUT2D eigenvalue weighted by Crippen LogP contribution is -2.44. The Morgan fingerprint density at radius 2 is 2.07 bits per heavy atom. The first-order valence-electron chi connectivity index (χ1n) is 9.56. The highest BCUT2D eigenvalue weighted by molar-refractivity contribution is 5.79. The minimum atomic E-state index is -0.348. The van der Waals surface area contributed by atoms with Crippen LogP contribution in [0.3, 0.4) is 0 Å². The number of hydrogen-bond donors (Lipinski definition) is 0. The minimum absolute atomic E-state index is 0.0518. The third kappa shape index (κ3) is 3.67. The molecule has 0 N–H and O–H groups in total. The highest BCUT2D eigenvalue weighted by Gasteiger charge is 2.33. The quantitative estimate of drug-likeness (QED) is 0.675. The van der Waals surface area contributed by atoms with Gasteiger partial charge in [0, 0.05) is 23.9 Å². The monoisotopic (exact) mass is 398 g/mol. The lowest BCUT2D eigenvalue weighted by Gasteiger charge is -2.36. The molecule has 1 aliphatic heterocycles. The van der Waals surface area contributed by atoms with Gasteiger partial charge in [0.2, 0.25) is 5.91 Å². The number of nitrogens with zero attached hydrogens (tertiary/aromatic N) is 4. The zero-order chi connectivity index (χ0) is 20.5. The summed E-state index contributed by atoms with van der Waals surface area (Å²) in [6.45, 7) is 6.87. The molecule has 3 aromatic rings. The maximum absolute atomic E-state index is 14.3. The Balaban J connectivity index is 1.67. The van der Waals surface area contributed by atoms with Crippen molar-refractivity contribution in [3.63, 3.8) is 0 Å². The molecule has 8 heteroatoms. The fourth-order valence-corrected chi connectivity index (χ4v) is 3.89. The Hall–Kier alpha value is -3.00. The summed E-state index contributed by atoms with van der Waals surface area (Å²) in [6, 6.07) is 7.99. The molecule has 0 saturated carbocycles. The molecule has 1 amide bonds. The number of amides is 1. The molecule has 4 rings (SSSR count). The van der Waals surface area contributed by atoms with Gasteiger partial charge in [-0.1, -0.05) is 17.3 Å². The van der Waals surface area contributed by atoms with E-state index in [4.69, 9.17) is 9.26 Å². The van der Waals surface area contributed by atoms with E-state index in [1.54, 1.807) is 40.8 Å². The minimum Gasteiger partial charge on any atom is -0.377 e. The first-order chi connectivity index (χ1) is 14.0. The topological polar surface area (TPSA) is 73.4 Å². The fraction of sp³-hybridized carbons (Fsp3) is 0.381. The molecule has 1 fully saturated rings. The molecule has 1 saturated heterocycles. The average Bonchev–Trinajstić information content (AvgIpc) is 3.24. The number of carbonyl (C=O) groups is 1. The normalized spacial score (nSPS) is 17.0. The van der Waals surface area contributed by atoms with Gasteiger partial charge < -0.3 is 14.2 Å². The zero-order valence-electron chi connectivity index (χ0n) is 16.7. The number of halogens is 1. The summed E-state index contributed by atoms with van der Waals surface area (Å²) in [4.78, 5) is 14.8. The molecule has 7 nitrogen and oxygen atoms in total. The van der Waals surface area contributed by atoms with Gasteiger partial charge in [-0.2, -0.15) is 5.10 Å². The number of benzene rings is 1. The standard InChI is InChI=1S/C21H23FN4O3/c1-13-10-16(24-29-13)11-20(27)25-8-9-28-12-19(25)21-14(2)23-26(15(21)3)18-7-5-4-6-17(18)22/h4-7,10,19H,8-9,11-12H2,1-3H3/t19-/m0/s1. The van der Waals surface area contributed by atoms with Crippen LogP contribution in [0.1, 0.15) is 34.4 Å². The second-order valence-corrected chi connectivity index (χ2v) is 7.23. The van der Waals surface area contributed by atoms with E-state index in [9.17, 15) is 9.18 Å². The first kappa shape index (κ1) is 19.3. The lowest BCUT2D eigenvalue weighted by molar-refractivity contribution is -0.139. The molecular formula is C21H23FN4O3. The second kappa shape index (κ2) is 7.79. The van der Waals surface area contributed by atoms with Crippen LogP contribution >= 0.6 is 0 Å². The van der Waals surface area contributed by atoms with Crippen LogP contribution in [0, 0.1) is 26.6 Å².